The Balaban J connectivity index is 1.62. The molecule has 0 saturated heterocycles. The summed E-state index contributed by atoms with van der Waals surface area (Å²) < 4.78 is 10.5. The van der Waals surface area contributed by atoms with Crippen LogP contribution in [0, 0.1) is 11.3 Å². The largest absolute Gasteiger partial charge is 0.454 e. The Morgan fingerprint density at radius 3 is 2.82 bits per heavy atom. The lowest BCUT2D eigenvalue weighted by atomic mass is 9.88. The van der Waals surface area contributed by atoms with Crippen LogP contribution in [0.2, 0.25) is 0 Å². The van der Waals surface area contributed by atoms with Crippen LogP contribution in [-0.4, -0.2) is 30.1 Å². The van der Waals surface area contributed by atoms with Crippen LogP contribution in [-0.2, 0) is 10.4 Å². The van der Waals surface area contributed by atoms with Crippen LogP contribution < -0.4 is 14.4 Å². The number of unbranched alkanes of at least 4 members (excludes halogenated alkanes) is 1. The van der Waals surface area contributed by atoms with E-state index in [1.807, 2.05) is 6.07 Å². The van der Waals surface area contributed by atoms with Crippen molar-refractivity contribution in [3.05, 3.63) is 53.6 Å². The van der Waals surface area contributed by atoms with Gasteiger partial charge < -0.3 is 19.5 Å². The van der Waals surface area contributed by atoms with E-state index in [4.69, 9.17) is 14.7 Å². The molecular weight excluding hydrogens is 360 g/mol. The van der Waals surface area contributed by atoms with Crippen LogP contribution in [0.3, 0.4) is 0 Å². The summed E-state index contributed by atoms with van der Waals surface area (Å²) in [4.78, 5) is 27.3. The zero-order chi connectivity index (χ0) is 19.7. The molecular formula is C21H18N2O5. The van der Waals surface area contributed by atoms with Gasteiger partial charge in [-0.15, -0.1) is 0 Å². The maximum Gasteiger partial charge on any atom is 0.264 e. The highest BCUT2D eigenvalue weighted by atomic mass is 16.7. The number of amides is 1. The van der Waals surface area contributed by atoms with Gasteiger partial charge in [-0.1, -0.05) is 18.2 Å². The number of ether oxygens (including phenoxy) is 2. The van der Waals surface area contributed by atoms with Gasteiger partial charge in [0.2, 0.25) is 6.79 Å². The van der Waals surface area contributed by atoms with Gasteiger partial charge in [0, 0.05) is 24.1 Å². The second kappa shape index (κ2) is 6.98. The van der Waals surface area contributed by atoms with Gasteiger partial charge in [0.05, 0.1) is 18.2 Å². The molecule has 7 heteroatoms. The second-order valence-corrected chi connectivity index (χ2v) is 6.76. The number of fused-ring (bicyclic) bond motifs is 2. The van der Waals surface area contributed by atoms with Crippen LogP contribution >= 0.6 is 0 Å². The summed E-state index contributed by atoms with van der Waals surface area (Å²) in [7, 11) is 0. The van der Waals surface area contributed by atoms with E-state index in [0.717, 1.165) is 0 Å². The Bertz CT molecular complexity index is 997. The Hall–Kier alpha value is -3.37. The first-order valence-electron chi connectivity index (χ1n) is 8.98. The van der Waals surface area contributed by atoms with E-state index in [-0.39, 0.29) is 19.0 Å². The van der Waals surface area contributed by atoms with Gasteiger partial charge in [0.1, 0.15) is 0 Å². The fourth-order valence-corrected chi connectivity index (χ4v) is 3.62. The van der Waals surface area contributed by atoms with E-state index in [1.54, 1.807) is 42.5 Å². The number of nitriles is 1. The number of nitrogens with zero attached hydrogens (tertiary/aromatic N) is 2. The minimum Gasteiger partial charge on any atom is -0.454 e. The van der Waals surface area contributed by atoms with Gasteiger partial charge in [0.25, 0.3) is 5.91 Å². The average molecular weight is 378 g/mol. The van der Waals surface area contributed by atoms with Gasteiger partial charge in [-0.3, -0.25) is 9.59 Å². The predicted molar refractivity (Wildman–Crippen MR) is 99.1 cm³/mol. The van der Waals surface area contributed by atoms with Crippen molar-refractivity contribution in [2.45, 2.75) is 24.9 Å². The number of hydrogen-bond donors (Lipinski definition) is 1. The standard InChI is InChI=1S/C21H18N2O5/c22-9-3-4-10-23-16-6-2-1-5-15(16)21(26,20(23)25)12-17(24)14-7-8-18-19(11-14)28-13-27-18/h1-2,5-8,11,26H,3-4,10,12-13H2. The third kappa shape index (κ3) is 2.88. The SMILES string of the molecule is N#CCCCN1C(=O)C(O)(CC(=O)c2ccc3c(c2)OCO3)c2ccccc21. The molecule has 2 aliphatic rings. The monoisotopic (exact) mass is 378 g/mol. The molecule has 0 aromatic heterocycles. The topological polar surface area (TPSA) is 99.9 Å². The Kier molecular flexibility index (Phi) is 4.49. The number of rotatable bonds is 6. The van der Waals surface area contributed by atoms with Crippen LogP contribution in [0.5, 0.6) is 11.5 Å². The molecule has 0 saturated carbocycles. The maximum absolute atomic E-state index is 13.0. The minimum absolute atomic E-state index is 0.0977. The highest BCUT2D eigenvalue weighted by Crippen LogP contribution is 2.43. The molecule has 0 bridgehead atoms. The molecule has 28 heavy (non-hydrogen) atoms. The first-order valence-corrected chi connectivity index (χ1v) is 8.98. The van der Waals surface area contributed by atoms with Crippen molar-refractivity contribution in [1.29, 1.82) is 5.26 Å². The zero-order valence-corrected chi connectivity index (χ0v) is 15.1. The molecule has 0 spiro atoms. The second-order valence-electron chi connectivity index (χ2n) is 6.76. The molecule has 0 aliphatic carbocycles. The van der Waals surface area contributed by atoms with Gasteiger partial charge in [0.15, 0.2) is 22.9 Å². The van der Waals surface area contributed by atoms with Crippen LogP contribution in [0.1, 0.15) is 35.2 Å². The van der Waals surface area contributed by atoms with Gasteiger partial charge in [-0.2, -0.15) is 5.26 Å². The lowest BCUT2D eigenvalue weighted by molar-refractivity contribution is -0.135. The number of carbonyl (C=O) groups is 2. The van der Waals surface area contributed by atoms with E-state index in [1.165, 1.54) is 4.90 Å². The van der Waals surface area contributed by atoms with Crippen molar-refractivity contribution >= 4 is 17.4 Å². The summed E-state index contributed by atoms with van der Waals surface area (Å²) in [5.41, 5.74) is -0.611. The molecule has 1 atom stereocenters. The lowest BCUT2D eigenvalue weighted by Gasteiger charge is -2.22. The lowest BCUT2D eigenvalue weighted by Crippen LogP contribution is -2.42. The number of aliphatic hydroxyl groups is 1. The van der Waals surface area contributed by atoms with Crippen molar-refractivity contribution in [2.24, 2.45) is 0 Å². The molecule has 0 radical (unpaired) electrons. The number of Topliss-reactive ketones (excluding diaryl/α,β-unsaturated/α-hetero) is 1. The minimum atomic E-state index is -1.93. The fourth-order valence-electron chi connectivity index (χ4n) is 3.62. The Morgan fingerprint density at radius 2 is 2.00 bits per heavy atom. The number of anilines is 1. The molecule has 0 fully saturated rings. The number of ketones is 1. The summed E-state index contributed by atoms with van der Waals surface area (Å²) in [6.07, 6.45) is 0.417. The van der Waals surface area contributed by atoms with Crippen LogP contribution in [0.15, 0.2) is 42.5 Å². The third-order valence-electron chi connectivity index (χ3n) is 5.02. The maximum atomic E-state index is 13.0. The quantitative estimate of drug-likeness (QED) is 0.612. The normalized spacial score (nSPS) is 19.4. The molecule has 2 aromatic rings. The molecule has 2 aliphatic heterocycles. The van der Waals surface area contributed by atoms with E-state index >= 15 is 0 Å². The van der Waals surface area contributed by atoms with E-state index in [0.29, 0.717) is 47.7 Å². The van der Waals surface area contributed by atoms with Crippen molar-refractivity contribution in [3.63, 3.8) is 0 Å². The molecule has 7 nitrogen and oxygen atoms in total. The summed E-state index contributed by atoms with van der Waals surface area (Å²) in [6, 6.07) is 13.7. The Morgan fingerprint density at radius 1 is 1.21 bits per heavy atom. The molecule has 1 unspecified atom stereocenters. The molecule has 1 amide bonds. The average Bonchev–Trinajstić information content (AvgIpc) is 3.25. The van der Waals surface area contributed by atoms with Gasteiger partial charge in [-0.05, 0) is 30.7 Å². The molecule has 2 aromatic carbocycles. The van der Waals surface area contributed by atoms with Crippen LogP contribution in [0.25, 0.3) is 0 Å². The Labute approximate surface area is 161 Å². The number of hydrogen-bond acceptors (Lipinski definition) is 6. The van der Waals surface area contributed by atoms with Crippen molar-refractivity contribution in [3.8, 4) is 17.6 Å². The molecule has 4 rings (SSSR count). The van der Waals surface area contributed by atoms with Crippen LogP contribution in [0.4, 0.5) is 5.69 Å². The summed E-state index contributed by atoms with van der Waals surface area (Å²) in [6.45, 7) is 0.407. The number of carbonyl (C=O) groups excluding carboxylic acids is 2. The van der Waals surface area contributed by atoms with E-state index < -0.39 is 11.5 Å². The smallest absolute Gasteiger partial charge is 0.264 e. The van der Waals surface area contributed by atoms with Gasteiger partial charge in [-0.25, -0.2) is 0 Å². The van der Waals surface area contributed by atoms with Gasteiger partial charge >= 0.3 is 0 Å². The predicted octanol–water partition coefficient (Wildman–Crippen LogP) is 2.53. The summed E-state index contributed by atoms with van der Waals surface area (Å²) >= 11 is 0. The fraction of sp³-hybridized carbons (Fsp3) is 0.286. The summed E-state index contributed by atoms with van der Waals surface area (Å²) in [5.74, 6) is 0.110. The first kappa shape index (κ1) is 18.0. The van der Waals surface area contributed by atoms with E-state index in [9.17, 15) is 14.7 Å². The zero-order valence-electron chi connectivity index (χ0n) is 15.1. The van der Waals surface area contributed by atoms with Crippen molar-refractivity contribution < 1.29 is 24.2 Å². The van der Waals surface area contributed by atoms with Crippen molar-refractivity contribution in [1.82, 2.24) is 0 Å². The third-order valence-corrected chi connectivity index (χ3v) is 5.02. The molecule has 1 N–H and O–H groups in total. The number of benzene rings is 2. The number of para-hydroxylation sites is 1. The molecule has 142 valence electrons. The summed E-state index contributed by atoms with van der Waals surface area (Å²) in [5, 5.41) is 20.0. The first-order chi connectivity index (χ1) is 13.5. The highest BCUT2D eigenvalue weighted by Gasteiger charge is 2.50. The van der Waals surface area contributed by atoms with Crippen molar-refractivity contribution in [2.75, 3.05) is 18.2 Å². The highest BCUT2D eigenvalue weighted by molar-refractivity contribution is 6.10. The molecule has 2 heterocycles. The van der Waals surface area contributed by atoms with E-state index in [2.05, 4.69) is 0 Å².